The second kappa shape index (κ2) is 11.8. The molecule has 0 aromatic heterocycles. The van der Waals surface area contributed by atoms with Crippen molar-refractivity contribution in [3.8, 4) is 17.2 Å². The first-order valence-corrected chi connectivity index (χ1v) is 13.6. The van der Waals surface area contributed by atoms with E-state index < -0.39 is 5.82 Å². The lowest BCUT2D eigenvalue weighted by Crippen LogP contribution is -2.37. The molecule has 0 N–H and O–H groups in total. The summed E-state index contributed by atoms with van der Waals surface area (Å²) in [4.78, 5) is 22.2. The normalized spacial score (nSPS) is 16.5. The molecule has 0 spiro atoms. The zero-order valence-electron chi connectivity index (χ0n) is 24.1. The van der Waals surface area contributed by atoms with Crippen molar-refractivity contribution in [2.45, 2.75) is 46.6 Å². The Labute approximate surface area is 230 Å². The van der Waals surface area contributed by atoms with Crippen LogP contribution in [0, 0.1) is 5.82 Å². The standard InChI is InChI=1S/C30H40FN3O5/c1-8-38-24-16-20-17-34(29(32-6)25(20)26(31)28(24)39-9-2)18-23(35)19-14-21(30(3,4)5)27(36-7)22(15-19)33-10-12-37-13-11-33/h14-16H,8-13,17-18H2,1-7H3/b32-29-. The van der Waals surface area contributed by atoms with Crippen LogP contribution in [0.3, 0.4) is 0 Å². The van der Waals surface area contributed by atoms with Crippen LogP contribution in [0.1, 0.15) is 61.7 Å². The van der Waals surface area contributed by atoms with Gasteiger partial charge in [-0.2, -0.15) is 0 Å². The molecule has 2 aliphatic rings. The number of anilines is 1. The van der Waals surface area contributed by atoms with E-state index in [-0.39, 0.29) is 23.5 Å². The van der Waals surface area contributed by atoms with Crippen LogP contribution in [0.2, 0.25) is 0 Å². The minimum Gasteiger partial charge on any atom is -0.494 e. The Morgan fingerprint density at radius 3 is 2.36 bits per heavy atom. The molecule has 2 heterocycles. The van der Waals surface area contributed by atoms with Gasteiger partial charge < -0.3 is 28.7 Å². The number of carbonyl (C=O) groups excluding carboxylic acids is 1. The third-order valence-corrected chi connectivity index (χ3v) is 7.04. The lowest BCUT2D eigenvalue weighted by atomic mass is 9.84. The second-order valence-electron chi connectivity index (χ2n) is 10.7. The molecule has 1 fully saturated rings. The summed E-state index contributed by atoms with van der Waals surface area (Å²) in [5.41, 5.74) is 3.25. The van der Waals surface area contributed by atoms with Crippen LogP contribution in [0.4, 0.5) is 10.1 Å². The number of fused-ring (bicyclic) bond motifs is 1. The molecule has 0 atom stereocenters. The van der Waals surface area contributed by atoms with Crippen molar-refractivity contribution in [3.63, 3.8) is 0 Å². The van der Waals surface area contributed by atoms with Crippen molar-refractivity contribution in [1.82, 2.24) is 4.90 Å². The molecule has 9 heteroatoms. The molecule has 2 aliphatic heterocycles. The van der Waals surface area contributed by atoms with Gasteiger partial charge in [0.05, 0.1) is 51.3 Å². The summed E-state index contributed by atoms with van der Waals surface area (Å²) in [7, 11) is 3.28. The van der Waals surface area contributed by atoms with Crippen molar-refractivity contribution >= 4 is 17.3 Å². The predicted octanol–water partition coefficient (Wildman–Crippen LogP) is 4.84. The molecule has 212 valence electrons. The van der Waals surface area contributed by atoms with Crippen molar-refractivity contribution in [1.29, 1.82) is 0 Å². The van der Waals surface area contributed by atoms with Crippen LogP contribution in [0.25, 0.3) is 0 Å². The number of ether oxygens (including phenoxy) is 4. The fourth-order valence-electron chi connectivity index (χ4n) is 5.24. The molecule has 0 saturated carbocycles. The van der Waals surface area contributed by atoms with E-state index in [1.54, 1.807) is 27.1 Å². The summed E-state index contributed by atoms with van der Waals surface area (Å²) in [6.45, 7) is 13.7. The van der Waals surface area contributed by atoms with Gasteiger partial charge in [-0.05, 0) is 43.0 Å². The van der Waals surface area contributed by atoms with Gasteiger partial charge in [0.15, 0.2) is 23.1 Å². The van der Waals surface area contributed by atoms with Crippen LogP contribution in [0.15, 0.2) is 23.2 Å². The number of methoxy groups -OCH3 is 1. The smallest absolute Gasteiger partial charge is 0.197 e. The first kappa shape index (κ1) is 28.7. The lowest BCUT2D eigenvalue weighted by molar-refractivity contribution is 0.0962. The number of nitrogens with zero attached hydrogens (tertiary/aromatic N) is 3. The summed E-state index contributed by atoms with van der Waals surface area (Å²) in [6, 6.07) is 5.64. The number of ketones is 1. The minimum absolute atomic E-state index is 0.0488. The molecule has 0 radical (unpaired) electrons. The summed E-state index contributed by atoms with van der Waals surface area (Å²) >= 11 is 0. The quantitative estimate of drug-likeness (QED) is 0.421. The minimum atomic E-state index is -0.512. The number of amidine groups is 1. The molecule has 2 aromatic carbocycles. The summed E-state index contributed by atoms with van der Waals surface area (Å²) in [5, 5.41) is 0. The summed E-state index contributed by atoms with van der Waals surface area (Å²) in [5.74, 6) is 1.05. The number of morpholine rings is 1. The highest BCUT2D eigenvalue weighted by Gasteiger charge is 2.34. The summed E-state index contributed by atoms with van der Waals surface area (Å²) < 4.78 is 38.4. The topological polar surface area (TPSA) is 72.8 Å². The Balaban J connectivity index is 1.70. The molecule has 0 amide bonds. The van der Waals surface area contributed by atoms with E-state index in [9.17, 15) is 4.79 Å². The second-order valence-corrected chi connectivity index (χ2v) is 10.7. The zero-order valence-corrected chi connectivity index (χ0v) is 24.1. The van der Waals surface area contributed by atoms with Gasteiger partial charge >= 0.3 is 0 Å². The Hall–Kier alpha value is -3.33. The van der Waals surface area contributed by atoms with Crippen LogP contribution < -0.4 is 19.1 Å². The third kappa shape index (κ3) is 5.69. The maximum absolute atomic E-state index is 15.7. The molecule has 0 bridgehead atoms. The number of rotatable bonds is 9. The molecular weight excluding hydrogens is 501 g/mol. The molecule has 2 aromatic rings. The molecule has 1 saturated heterocycles. The highest BCUT2D eigenvalue weighted by atomic mass is 19.1. The first-order chi connectivity index (χ1) is 18.6. The lowest BCUT2D eigenvalue weighted by Gasteiger charge is -2.33. The van der Waals surface area contributed by atoms with Crippen molar-refractivity contribution < 1.29 is 28.1 Å². The molecule has 4 rings (SSSR count). The summed E-state index contributed by atoms with van der Waals surface area (Å²) in [6.07, 6.45) is 0. The van der Waals surface area contributed by atoms with Crippen LogP contribution in [-0.2, 0) is 16.7 Å². The molecule has 0 aliphatic carbocycles. The average molecular weight is 542 g/mol. The number of hydrogen-bond donors (Lipinski definition) is 0. The van der Waals surface area contributed by atoms with Crippen molar-refractivity contribution in [2.24, 2.45) is 4.99 Å². The number of hydrogen-bond acceptors (Lipinski definition) is 7. The number of carbonyl (C=O) groups is 1. The van der Waals surface area contributed by atoms with Gasteiger partial charge in [-0.3, -0.25) is 9.79 Å². The average Bonchev–Trinajstić information content (AvgIpc) is 3.27. The van der Waals surface area contributed by atoms with Crippen LogP contribution in [-0.4, -0.2) is 76.7 Å². The number of Topliss-reactive ketones (excluding diaryl/α,β-unsaturated/α-hetero) is 1. The van der Waals surface area contributed by atoms with E-state index in [1.165, 1.54) is 0 Å². The number of aliphatic imine (C=N–C) groups is 1. The zero-order chi connectivity index (χ0) is 28.3. The molecule has 39 heavy (non-hydrogen) atoms. The van der Waals surface area contributed by atoms with Gasteiger partial charge in [-0.15, -0.1) is 0 Å². The van der Waals surface area contributed by atoms with Gasteiger partial charge in [-0.1, -0.05) is 20.8 Å². The van der Waals surface area contributed by atoms with Crippen LogP contribution in [0.5, 0.6) is 17.2 Å². The van der Waals surface area contributed by atoms with Crippen molar-refractivity contribution in [3.05, 3.63) is 46.3 Å². The monoisotopic (exact) mass is 541 g/mol. The van der Waals surface area contributed by atoms with Crippen molar-refractivity contribution in [2.75, 3.05) is 65.1 Å². The predicted molar refractivity (Wildman–Crippen MR) is 151 cm³/mol. The Kier molecular flexibility index (Phi) is 8.69. The first-order valence-electron chi connectivity index (χ1n) is 13.6. The maximum atomic E-state index is 15.7. The fourth-order valence-corrected chi connectivity index (χ4v) is 5.24. The van der Waals surface area contributed by atoms with E-state index >= 15 is 4.39 Å². The Morgan fingerprint density at radius 2 is 1.77 bits per heavy atom. The highest BCUT2D eigenvalue weighted by Crippen LogP contribution is 2.42. The Morgan fingerprint density at radius 1 is 1.08 bits per heavy atom. The molecule has 0 unspecified atom stereocenters. The van der Waals surface area contributed by atoms with Gasteiger partial charge in [0.2, 0.25) is 0 Å². The molecule has 8 nitrogen and oxygen atoms in total. The van der Waals surface area contributed by atoms with E-state index in [0.717, 1.165) is 30.1 Å². The van der Waals surface area contributed by atoms with Crippen LogP contribution >= 0.6 is 0 Å². The van der Waals surface area contributed by atoms with Gasteiger partial charge in [-0.25, -0.2) is 4.39 Å². The van der Waals surface area contributed by atoms with E-state index in [1.807, 2.05) is 24.0 Å². The third-order valence-electron chi connectivity index (χ3n) is 7.04. The largest absolute Gasteiger partial charge is 0.494 e. The molecular formula is C30H40FN3O5. The van der Waals surface area contributed by atoms with Gasteiger partial charge in [0, 0.05) is 37.8 Å². The number of benzene rings is 2. The van der Waals surface area contributed by atoms with Gasteiger partial charge in [0.1, 0.15) is 11.6 Å². The number of halogens is 1. The SMILES string of the molecule is CCOc1cc2c(c(F)c1OCC)/C(=N/C)N(CC(=O)c1cc(N3CCOCC3)c(OC)c(C(C)(C)C)c1)C2. The highest BCUT2D eigenvalue weighted by molar-refractivity contribution is 6.07. The van der Waals surface area contributed by atoms with Gasteiger partial charge in [0.25, 0.3) is 0 Å². The fraction of sp³-hybridized carbons (Fsp3) is 0.533. The maximum Gasteiger partial charge on any atom is 0.197 e. The van der Waals surface area contributed by atoms with E-state index in [4.69, 9.17) is 18.9 Å². The van der Waals surface area contributed by atoms with E-state index in [0.29, 0.717) is 61.2 Å². The Bertz CT molecular complexity index is 1250. The van der Waals surface area contributed by atoms with E-state index in [2.05, 4.69) is 30.7 Å².